The van der Waals surface area contributed by atoms with Crippen molar-refractivity contribution in [2.24, 2.45) is 5.41 Å². The molecule has 1 fully saturated rings. The molecular weight excluding hydrogens is 388 g/mol. The Balaban J connectivity index is 1.72. The van der Waals surface area contributed by atoms with Crippen molar-refractivity contribution in [3.63, 3.8) is 0 Å². The molecule has 0 amide bonds. The maximum atomic E-state index is 12.0. The molecule has 1 saturated carbocycles. The molecule has 1 aliphatic heterocycles. The van der Waals surface area contributed by atoms with Gasteiger partial charge in [-0.05, 0) is 43.0 Å². The van der Waals surface area contributed by atoms with Gasteiger partial charge >= 0.3 is 11.9 Å². The number of methoxy groups -OCH3 is 2. The minimum atomic E-state index is -0.801. The van der Waals surface area contributed by atoms with Crippen LogP contribution < -0.4 is 14.2 Å². The first kappa shape index (κ1) is 20.1. The standard InChI is InChI=1S/C23H24O7/c1-27-18-7-6-15(14-4-3-5-16-17(14)12-29-22(16)26)20(21(18)28-2)30-13-23(10-11-23)9-8-19(24)25/h3-7H,8-13H2,1-2H3,(H,24,25). The largest absolute Gasteiger partial charge is 0.493 e. The van der Waals surface area contributed by atoms with Gasteiger partial charge in [-0.2, -0.15) is 0 Å². The van der Waals surface area contributed by atoms with E-state index in [2.05, 4.69) is 0 Å². The zero-order valence-corrected chi connectivity index (χ0v) is 17.0. The van der Waals surface area contributed by atoms with Gasteiger partial charge in [-0.15, -0.1) is 0 Å². The average Bonchev–Trinajstić information content (AvgIpc) is 3.44. The lowest BCUT2D eigenvalue weighted by Gasteiger charge is -2.21. The first-order valence-electron chi connectivity index (χ1n) is 9.87. The third-order valence-corrected chi connectivity index (χ3v) is 5.88. The lowest BCUT2D eigenvalue weighted by Crippen LogP contribution is -2.15. The first-order valence-corrected chi connectivity index (χ1v) is 9.87. The average molecular weight is 412 g/mol. The number of benzene rings is 2. The van der Waals surface area contributed by atoms with Crippen LogP contribution in [0, 0.1) is 5.41 Å². The maximum absolute atomic E-state index is 12.0. The zero-order valence-electron chi connectivity index (χ0n) is 17.0. The number of cyclic esters (lactones) is 1. The molecule has 0 bridgehead atoms. The fourth-order valence-corrected chi connectivity index (χ4v) is 3.90. The van der Waals surface area contributed by atoms with Gasteiger partial charge in [0.2, 0.25) is 5.75 Å². The predicted octanol–water partition coefficient (Wildman–Crippen LogP) is 4.07. The summed E-state index contributed by atoms with van der Waals surface area (Å²) in [6.45, 7) is 0.599. The van der Waals surface area contributed by atoms with E-state index in [1.54, 1.807) is 26.4 Å². The van der Waals surface area contributed by atoms with Gasteiger partial charge in [-0.25, -0.2) is 4.79 Å². The van der Waals surface area contributed by atoms with E-state index >= 15 is 0 Å². The van der Waals surface area contributed by atoms with Gasteiger partial charge < -0.3 is 24.1 Å². The quantitative estimate of drug-likeness (QED) is 0.621. The van der Waals surface area contributed by atoms with Crippen molar-refractivity contribution in [1.29, 1.82) is 0 Å². The number of hydrogen-bond donors (Lipinski definition) is 1. The van der Waals surface area contributed by atoms with Crippen LogP contribution in [0.2, 0.25) is 0 Å². The van der Waals surface area contributed by atoms with E-state index in [-0.39, 0.29) is 24.4 Å². The van der Waals surface area contributed by atoms with Crippen LogP contribution in [0.4, 0.5) is 0 Å². The molecule has 1 aliphatic carbocycles. The second-order valence-corrected chi connectivity index (χ2v) is 7.77. The minimum absolute atomic E-state index is 0.122. The molecule has 0 saturated heterocycles. The highest BCUT2D eigenvalue weighted by molar-refractivity contribution is 5.96. The summed E-state index contributed by atoms with van der Waals surface area (Å²) in [4.78, 5) is 23.0. The number of hydrogen-bond acceptors (Lipinski definition) is 6. The number of carbonyl (C=O) groups excluding carboxylic acids is 1. The van der Waals surface area contributed by atoms with Crippen LogP contribution in [0.25, 0.3) is 11.1 Å². The Morgan fingerprint density at radius 1 is 1.07 bits per heavy atom. The highest BCUT2D eigenvalue weighted by Crippen LogP contribution is 2.52. The lowest BCUT2D eigenvalue weighted by atomic mass is 9.95. The summed E-state index contributed by atoms with van der Waals surface area (Å²) in [7, 11) is 3.11. The van der Waals surface area contributed by atoms with E-state index < -0.39 is 5.97 Å². The van der Waals surface area contributed by atoms with Crippen LogP contribution in [0.5, 0.6) is 17.2 Å². The SMILES string of the molecule is COc1ccc(-c2cccc3c2COC3=O)c(OCC2(CCC(=O)O)CC2)c1OC. The molecule has 0 unspecified atom stereocenters. The van der Waals surface area contributed by atoms with E-state index in [4.69, 9.17) is 24.1 Å². The van der Waals surface area contributed by atoms with Gasteiger partial charge in [0.15, 0.2) is 11.5 Å². The van der Waals surface area contributed by atoms with Gasteiger partial charge in [0, 0.05) is 23.0 Å². The van der Waals surface area contributed by atoms with Crippen molar-refractivity contribution in [1.82, 2.24) is 0 Å². The van der Waals surface area contributed by atoms with Crippen molar-refractivity contribution in [3.05, 3.63) is 41.5 Å². The summed E-state index contributed by atoms with van der Waals surface area (Å²) < 4.78 is 22.5. The van der Waals surface area contributed by atoms with E-state index in [0.717, 1.165) is 29.5 Å². The van der Waals surface area contributed by atoms with Crippen LogP contribution in [0.3, 0.4) is 0 Å². The summed E-state index contributed by atoms with van der Waals surface area (Å²) in [6.07, 6.45) is 2.57. The van der Waals surface area contributed by atoms with Crippen molar-refractivity contribution in [2.45, 2.75) is 32.3 Å². The third kappa shape index (κ3) is 3.67. The molecule has 2 aromatic rings. The number of esters is 1. The molecule has 0 aromatic heterocycles. The summed E-state index contributed by atoms with van der Waals surface area (Å²) >= 11 is 0. The van der Waals surface area contributed by atoms with E-state index in [0.29, 0.717) is 35.8 Å². The smallest absolute Gasteiger partial charge is 0.338 e. The molecule has 30 heavy (non-hydrogen) atoms. The van der Waals surface area contributed by atoms with Gasteiger partial charge in [0.1, 0.15) is 6.61 Å². The van der Waals surface area contributed by atoms with Crippen LogP contribution >= 0.6 is 0 Å². The van der Waals surface area contributed by atoms with Crippen molar-refractivity contribution >= 4 is 11.9 Å². The summed E-state index contributed by atoms with van der Waals surface area (Å²) in [5, 5.41) is 9.03. The Kier molecular flexibility index (Phi) is 5.28. The zero-order chi connectivity index (χ0) is 21.3. The molecular formula is C23H24O7. The molecule has 0 radical (unpaired) electrons. The van der Waals surface area contributed by atoms with Crippen molar-refractivity contribution in [3.8, 4) is 28.4 Å². The maximum Gasteiger partial charge on any atom is 0.338 e. The molecule has 2 aliphatic rings. The highest BCUT2D eigenvalue weighted by Gasteiger charge is 2.44. The Morgan fingerprint density at radius 2 is 1.83 bits per heavy atom. The molecule has 7 nitrogen and oxygen atoms in total. The van der Waals surface area contributed by atoms with Gasteiger partial charge in [0.25, 0.3) is 0 Å². The second-order valence-electron chi connectivity index (χ2n) is 7.77. The number of aliphatic carboxylic acids is 1. The number of rotatable bonds is 9. The Labute approximate surface area is 174 Å². The van der Waals surface area contributed by atoms with Crippen LogP contribution in [-0.2, 0) is 16.1 Å². The normalized spacial score (nSPS) is 15.9. The molecule has 0 spiro atoms. The number of carboxylic acids is 1. The molecule has 158 valence electrons. The monoisotopic (exact) mass is 412 g/mol. The highest BCUT2D eigenvalue weighted by atomic mass is 16.5. The Morgan fingerprint density at radius 3 is 2.50 bits per heavy atom. The third-order valence-electron chi connectivity index (χ3n) is 5.88. The molecule has 4 rings (SSSR count). The molecule has 1 heterocycles. The fraction of sp³-hybridized carbons (Fsp3) is 0.391. The fourth-order valence-electron chi connectivity index (χ4n) is 3.90. The minimum Gasteiger partial charge on any atom is -0.493 e. The summed E-state index contributed by atoms with van der Waals surface area (Å²) in [5.74, 6) is 0.385. The van der Waals surface area contributed by atoms with Gasteiger partial charge in [-0.3, -0.25) is 4.79 Å². The molecule has 7 heteroatoms. The molecule has 0 atom stereocenters. The van der Waals surface area contributed by atoms with Gasteiger partial charge in [0.05, 0.1) is 26.4 Å². The van der Waals surface area contributed by atoms with Crippen molar-refractivity contribution < 1.29 is 33.6 Å². The predicted molar refractivity (Wildman–Crippen MR) is 108 cm³/mol. The Bertz CT molecular complexity index is 991. The molecule has 2 aromatic carbocycles. The molecule has 1 N–H and O–H groups in total. The number of carbonyl (C=O) groups is 2. The number of ether oxygens (including phenoxy) is 4. The summed E-state index contributed by atoms with van der Waals surface area (Å²) in [5.41, 5.74) is 2.85. The van der Waals surface area contributed by atoms with E-state index in [9.17, 15) is 9.59 Å². The number of fused-ring (bicyclic) bond motifs is 1. The van der Waals surface area contributed by atoms with Crippen molar-refractivity contribution in [2.75, 3.05) is 20.8 Å². The Hall–Kier alpha value is -3.22. The van der Waals surface area contributed by atoms with Crippen LogP contribution in [-0.4, -0.2) is 37.9 Å². The van der Waals surface area contributed by atoms with Gasteiger partial charge in [-0.1, -0.05) is 12.1 Å². The van der Waals surface area contributed by atoms with E-state index in [1.165, 1.54) is 0 Å². The topological polar surface area (TPSA) is 91.3 Å². The summed E-state index contributed by atoms with van der Waals surface area (Å²) in [6, 6.07) is 9.17. The van der Waals surface area contributed by atoms with Crippen LogP contribution in [0.15, 0.2) is 30.3 Å². The second kappa shape index (κ2) is 7.89. The lowest BCUT2D eigenvalue weighted by molar-refractivity contribution is -0.137. The van der Waals surface area contributed by atoms with Crippen LogP contribution in [0.1, 0.15) is 41.6 Å². The van der Waals surface area contributed by atoms with E-state index in [1.807, 2.05) is 18.2 Å². The first-order chi connectivity index (χ1) is 14.5. The number of carboxylic acid groups (broad SMARTS) is 1.